The Kier molecular flexibility index (Phi) is 5.31. The van der Waals surface area contributed by atoms with Gasteiger partial charge in [0.1, 0.15) is 6.04 Å². The van der Waals surface area contributed by atoms with Crippen LogP contribution in [0, 0.1) is 0 Å². The number of nitrogens with zero attached hydrogens (tertiary/aromatic N) is 3. The summed E-state index contributed by atoms with van der Waals surface area (Å²) in [5.74, 6) is -1.08. The number of hydroxylamine groups is 3. The van der Waals surface area contributed by atoms with Crippen LogP contribution in [0.25, 0.3) is 0 Å². The van der Waals surface area contributed by atoms with Crippen LogP contribution in [-0.2, 0) is 29.1 Å². The van der Waals surface area contributed by atoms with Crippen molar-refractivity contribution in [3.63, 3.8) is 0 Å². The Morgan fingerprint density at radius 2 is 2.08 bits per heavy atom. The van der Waals surface area contributed by atoms with E-state index in [4.69, 9.17) is 9.39 Å². The Morgan fingerprint density at radius 1 is 1.44 bits per heavy atom. The maximum absolute atomic E-state index is 12.3. The van der Waals surface area contributed by atoms with Crippen molar-refractivity contribution in [3.8, 4) is 0 Å². The molecule has 2 atom stereocenters. The van der Waals surface area contributed by atoms with Crippen LogP contribution in [0.4, 0.5) is 4.79 Å². The van der Waals surface area contributed by atoms with E-state index in [-0.39, 0.29) is 19.1 Å². The summed E-state index contributed by atoms with van der Waals surface area (Å²) in [7, 11) is -1.84. The minimum atomic E-state index is -4.88. The lowest BCUT2D eigenvalue weighted by Gasteiger charge is -2.28. The zero-order chi connectivity index (χ0) is 18.9. The molecule has 0 saturated carbocycles. The van der Waals surface area contributed by atoms with Gasteiger partial charge in [-0.1, -0.05) is 6.08 Å². The topological polar surface area (TPSA) is 146 Å². The predicted molar refractivity (Wildman–Crippen MR) is 80.7 cm³/mol. The van der Waals surface area contributed by atoms with E-state index in [1.54, 1.807) is 6.92 Å². The number of hydrogen-bond donors (Lipinski definition) is 2. The molecule has 0 aliphatic carbocycles. The van der Waals surface area contributed by atoms with E-state index in [0.29, 0.717) is 10.6 Å². The summed E-state index contributed by atoms with van der Waals surface area (Å²) >= 11 is 0. The van der Waals surface area contributed by atoms with Crippen molar-refractivity contribution in [2.45, 2.75) is 19.0 Å². The summed E-state index contributed by atoms with van der Waals surface area (Å²) in [6.45, 7) is 1.17. The maximum Gasteiger partial charge on any atom is 0.418 e. The van der Waals surface area contributed by atoms with Gasteiger partial charge in [-0.15, -0.1) is 4.28 Å². The van der Waals surface area contributed by atoms with Gasteiger partial charge in [-0.3, -0.25) is 19.0 Å². The van der Waals surface area contributed by atoms with Gasteiger partial charge in [0.15, 0.2) is 6.61 Å². The molecule has 0 spiro atoms. The zero-order valence-corrected chi connectivity index (χ0v) is 14.5. The average Bonchev–Trinajstić information content (AvgIpc) is 2.71. The molecule has 1 fully saturated rings. The van der Waals surface area contributed by atoms with E-state index in [9.17, 15) is 22.8 Å². The van der Waals surface area contributed by atoms with E-state index in [1.165, 1.54) is 25.1 Å². The summed E-state index contributed by atoms with van der Waals surface area (Å²) < 4.78 is 34.7. The van der Waals surface area contributed by atoms with E-state index >= 15 is 0 Å². The Balaban J connectivity index is 2.05. The fourth-order valence-corrected chi connectivity index (χ4v) is 2.87. The third-order valence-corrected chi connectivity index (χ3v) is 3.96. The summed E-state index contributed by atoms with van der Waals surface area (Å²) in [5, 5.41) is 0.475. The molecule has 140 valence electrons. The van der Waals surface area contributed by atoms with E-state index < -0.39 is 34.4 Å². The number of nitrogens with one attached hydrogen (secondary N) is 1. The van der Waals surface area contributed by atoms with E-state index in [1.807, 2.05) is 0 Å². The smallest absolute Gasteiger partial charge is 0.347 e. The Bertz CT molecular complexity index is 719. The molecule has 2 rings (SSSR count). The van der Waals surface area contributed by atoms with Gasteiger partial charge >= 0.3 is 16.4 Å². The van der Waals surface area contributed by atoms with Crippen LogP contribution in [0.1, 0.15) is 6.92 Å². The first kappa shape index (κ1) is 19.1. The standard InChI is InChI=1S/C12H18N4O8S/c1-7-4-8-5-15(12(19)16(8)24-25(20,21)22)10(7)11(18)13-23-6-9(17)14(2)3/h4,8,10H,5-6H2,1-3H3,(H,13,18)(H,20,21,22)/t8-,10+/m1/s1. The quantitative estimate of drug-likeness (QED) is 0.316. The summed E-state index contributed by atoms with van der Waals surface area (Å²) in [6, 6.07) is -2.73. The molecule has 0 aromatic carbocycles. The lowest BCUT2D eigenvalue weighted by molar-refractivity contribution is -0.145. The van der Waals surface area contributed by atoms with E-state index in [0.717, 1.165) is 4.90 Å². The Hall–Kier alpha value is -2.22. The van der Waals surface area contributed by atoms with Crippen molar-refractivity contribution in [1.29, 1.82) is 0 Å². The molecule has 2 aliphatic heterocycles. The molecule has 12 nitrogen and oxygen atoms in total. The summed E-state index contributed by atoms with van der Waals surface area (Å²) in [5.41, 5.74) is 2.54. The number of carbonyl (C=O) groups excluding carboxylic acids is 3. The van der Waals surface area contributed by atoms with Gasteiger partial charge in [0.05, 0.1) is 12.6 Å². The normalized spacial score (nSPS) is 22.7. The summed E-state index contributed by atoms with van der Waals surface area (Å²) in [4.78, 5) is 43.1. The van der Waals surface area contributed by atoms with Crippen LogP contribution in [0.3, 0.4) is 0 Å². The molecule has 1 saturated heterocycles. The largest absolute Gasteiger partial charge is 0.418 e. The molecule has 4 amide bonds. The second-order valence-corrected chi connectivity index (χ2v) is 6.69. The van der Waals surface area contributed by atoms with Crippen molar-refractivity contribution in [2.75, 3.05) is 27.2 Å². The minimum Gasteiger partial charge on any atom is -0.347 e. The maximum atomic E-state index is 12.3. The van der Waals surface area contributed by atoms with Crippen molar-refractivity contribution < 1.29 is 36.5 Å². The highest BCUT2D eigenvalue weighted by Crippen LogP contribution is 2.30. The highest BCUT2D eigenvalue weighted by Gasteiger charge is 2.48. The van der Waals surface area contributed by atoms with Crippen LogP contribution in [-0.4, -0.2) is 85.0 Å². The number of urea groups is 1. The van der Waals surface area contributed by atoms with Gasteiger partial charge in [0.2, 0.25) is 0 Å². The summed E-state index contributed by atoms with van der Waals surface area (Å²) in [6.07, 6.45) is 1.47. The molecule has 0 aromatic rings. The lowest BCUT2D eigenvalue weighted by atomic mass is 10.0. The number of rotatable bonds is 6. The highest BCUT2D eigenvalue weighted by molar-refractivity contribution is 7.80. The van der Waals surface area contributed by atoms with Crippen molar-refractivity contribution in [1.82, 2.24) is 20.3 Å². The molecule has 2 bridgehead atoms. The van der Waals surface area contributed by atoms with Crippen LogP contribution in [0.15, 0.2) is 11.6 Å². The van der Waals surface area contributed by atoms with Gasteiger partial charge in [0.25, 0.3) is 11.8 Å². The van der Waals surface area contributed by atoms with Crippen LogP contribution < -0.4 is 5.48 Å². The first-order valence-electron chi connectivity index (χ1n) is 7.08. The molecule has 0 aromatic heterocycles. The van der Waals surface area contributed by atoms with Gasteiger partial charge in [-0.25, -0.2) is 10.3 Å². The van der Waals surface area contributed by atoms with Gasteiger partial charge in [-0.05, 0) is 12.5 Å². The van der Waals surface area contributed by atoms with Gasteiger partial charge in [0, 0.05) is 14.1 Å². The predicted octanol–water partition coefficient (Wildman–Crippen LogP) is -1.71. The first-order valence-corrected chi connectivity index (χ1v) is 8.44. The number of likely N-dealkylation sites (N-methyl/N-ethyl adjacent to an activating group) is 1. The first-order chi connectivity index (χ1) is 11.5. The number of carbonyl (C=O) groups is 3. The SMILES string of the molecule is CC1=C[C@@H]2CN(C(=O)N2OS(=O)(=O)O)[C@@H]1C(=O)NOCC(=O)N(C)C. The van der Waals surface area contributed by atoms with Crippen LogP contribution in [0.2, 0.25) is 0 Å². The van der Waals surface area contributed by atoms with Crippen molar-refractivity contribution in [2.24, 2.45) is 0 Å². The molecule has 13 heteroatoms. The monoisotopic (exact) mass is 378 g/mol. The lowest BCUT2D eigenvalue weighted by Crippen LogP contribution is -2.50. The Labute approximate surface area is 143 Å². The molecule has 25 heavy (non-hydrogen) atoms. The zero-order valence-electron chi connectivity index (χ0n) is 13.7. The third kappa shape index (κ3) is 4.25. The molecule has 0 unspecified atom stereocenters. The average molecular weight is 378 g/mol. The van der Waals surface area contributed by atoms with Gasteiger partial charge < -0.3 is 9.80 Å². The van der Waals surface area contributed by atoms with E-state index in [2.05, 4.69) is 9.76 Å². The Morgan fingerprint density at radius 3 is 2.64 bits per heavy atom. The van der Waals surface area contributed by atoms with Gasteiger partial charge in [-0.2, -0.15) is 13.5 Å². The number of amides is 4. The fraction of sp³-hybridized carbons (Fsp3) is 0.583. The number of fused-ring (bicyclic) bond motifs is 2. The van der Waals surface area contributed by atoms with Crippen LogP contribution in [0.5, 0.6) is 0 Å². The highest BCUT2D eigenvalue weighted by atomic mass is 32.3. The van der Waals surface area contributed by atoms with Crippen LogP contribution >= 0.6 is 0 Å². The molecule has 2 N–H and O–H groups in total. The molecule has 2 aliphatic rings. The minimum absolute atomic E-state index is 0.0135. The fourth-order valence-electron chi connectivity index (χ4n) is 2.49. The molecular weight excluding hydrogens is 360 g/mol. The third-order valence-electron chi connectivity index (χ3n) is 3.61. The molecule has 0 radical (unpaired) electrons. The number of hydrogen-bond acceptors (Lipinski definition) is 7. The van der Waals surface area contributed by atoms with Crippen molar-refractivity contribution in [3.05, 3.63) is 11.6 Å². The van der Waals surface area contributed by atoms with Crippen molar-refractivity contribution >= 4 is 28.2 Å². The molecule has 2 heterocycles. The second-order valence-electron chi connectivity index (χ2n) is 5.69. The second kappa shape index (κ2) is 6.95. The molecular formula is C12H18N4O8S.